The fourth-order valence-corrected chi connectivity index (χ4v) is 2.71. The van der Waals surface area contributed by atoms with Crippen LogP contribution in [0.1, 0.15) is 18.9 Å². The zero-order valence-corrected chi connectivity index (χ0v) is 13.1. The van der Waals surface area contributed by atoms with E-state index < -0.39 is 10.3 Å². The molecule has 1 atom stereocenters. The van der Waals surface area contributed by atoms with E-state index in [-0.39, 0.29) is 18.9 Å². The zero-order chi connectivity index (χ0) is 14.6. The fourth-order valence-electron chi connectivity index (χ4n) is 2.30. The third-order valence-corrected chi connectivity index (χ3v) is 4.59. The number of ether oxygens (including phenoxy) is 1. The molecule has 0 saturated carbocycles. The second-order valence-electron chi connectivity index (χ2n) is 4.89. The molecule has 1 aliphatic heterocycles. The molecule has 0 amide bonds. The number of likely N-dealkylation sites (tertiary alicyclic amines) is 1. The first kappa shape index (κ1) is 15.2. The summed E-state index contributed by atoms with van der Waals surface area (Å²) in [6, 6.07) is 10.00. The predicted octanol–water partition coefficient (Wildman–Crippen LogP) is 2.16. The van der Waals surface area contributed by atoms with Crippen molar-refractivity contribution in [3.63, 3.8) is 0 Å². The Hall–Kier alpha value is -1.20. The van der Waals surface area contributed by atoms with E-state index in [2.05, 4.69) is 20.8 Å². The third kappa shape index (κ3) is 3.27. The van der Waals surface area contributed by atoms with Crippen LogP contribution in [0.25, 0.3) is 0 Å². The van der Waals surface area contributed by atoms with Crippen LogP contribution in [-0.4, -0.2) is 40.7 Å². The molecule has 108 valence electrons. The smallest absolute Gasteiger partial charge is 0.330 e. The summed E-state index contributed by atoms with van der Waals surface area (Å²) in [5.41, 5.74) is 1.17. The molecule has 20 heavy (non-hydrogen) atoms. The first-order valence-corrected chi connectivity index (χ1v) is 7.51. The van der Waals surface area contributed by atoms with E-state index >= 15 is 0 Å². The predicted molar refractivity (Wildman–Crippen MR) is 79.6 cm³/mol. The van der Waals surface area contributed by atoms with Gasteiger partial charge in [-0.2, -0.15) is 0 Å². The van der Waals surface area contributed by atoms with Gasteiger partial charge in [0.2, 0.25) is 0 Å². The van der Waals surface area contributed by atoms with Crippen LogP contribution < -0.4 is 0 Å². The molecule has 0 N–H and O–H groups in total. The molecule has 4 nitrogen and oxygen atoms in total. The minimum Gasteiger partial charge on any atom is -0.465 e. The number of hydrogen-bond donors (Lipinski definition) is 0. The summed E-state index contributed by atoms with van der Waals surface area (Å²) < 4.78 is 3.83. The van der Waals surface area contributed by atoms with Crippen LogP contribution in [0.5, 0.6) is 0 Å². The number of carbonyl (C=O) groups excluding carboxylic acids is 2. The molecule has 0 bridgehead atoms. The van der Waals surface area contributed by atoms with Gasteiger partial charge in [0.25, 0.3) is 0 Å². The number of piperidine rings is 1. The number of carbonyl (C=O) groups is 2. The van der Waals surface area contributed by atoms with Crippen molar-refractivity contribution in [2.45, 2.75) is 24.2 Å². The Bertz CT molecular complexity index is 491. The first-order chi connectivity index (χ1) is 9.56. The second-order valence-corrected chi connectivity index (χ2v) is 6.24. The Labute approximate surface area is 127 Å². The average Bonchev–Trinajstić information content (AvgIpc) is 2.44. The molecule has 5 heteroatoms. The Morgan fingerprint density at radius 1 is 1.40 bits per heavy atom. The monoisotopic (exact) mass is 339 g/mol. The lowest BCUT2D eigenvalue weighted by atomic mass is 9.95. The molecule has 1 fully saturated rings. The summed E-state index contributed by atoms with van der Waals surface area (Å²) in [5, 5.41) is 0. The molecular weight excluding hydrogens is 322 g/mol. The SMILES string of the molecule is CCOC(=O)[C@]1(Br)CCN(Cc2ccccc2)CC1=O. The maximum Gasteiger partial charge on any atom is 0.330 e. The van der Waals surface area contributed by atoms with Crippen molar-refractivity contribution in [1.82, 2.24) is 4.90 Å². The van der Waals surface area contributed by atoms with Crippen molar-refractivity contribution in [2.24, 2.45) is 0 Å². The van der Waals surface area contributed by atoms with Gasteiger partial charge in [-0.15, -0.1) is 0 Å². The summed E-state index contributed by atoms with van der Waals surface area (Å²) in [6.07, 6.45) is 0.442. The van der Waals surface area contributed by atoms with E-state index in [1.807, 2.05) is 30.3 Å². The molecule has 1 heterocycles. The minimum absolute atomic E-state index is 0.127. The van der Waals surface area contributed by atoms with Crippen LogP contribution in [0.15, 0.2) is 30.3 Å². The maximum absolute atomic E-state index is 12.2. The number of alkyl halides is 1. The Balaban J connectivity index is 1.99. The Morgan fingerprint density at radius 3 is 2.70 bits per heavy atom. The second kappa shape index (κ2) is 6.50. The van der Waals surface area contributed by atoms with Gasteiger partial charge in [-0.1, -0.05) is 46.3 Å². The van der Waals surface area contributed by atoms with Crippen molar-refractivity contribution in [3.05, 3.63) is 35.9 Å². The quantitative estimate of drug-likeness (QED) is 0.479. The summed E-state index contributed by atoms with van der Waals surface area (Å²) in [4.78, 5) is 26.2. The molecule has 0 aliphatic carbocycles. The molecule has 0 aromatic heterocycles. The lowest BCUT2D eigenvalue weighted by Crippen LogP contribution is -2.53. The molecule has 0 radical (unpaired) electrons. The lowest BCUT2D eigenvalue weighted by Gasteiger charge is -2.34. The molecule has 1 saturated heterocycles. The summed E-state index contributed by atoms with van der Waals surface area (Å²) in [6.45, 7) is 3.69. The van der Waals surface area contributed by atoms with Crippen molar-refractivity contribution < 1.29 is 14.3 Å². The number of hydrogen-bond acceptors (Lipinski definition) is 4. The largest absolute Gasteiger partial charge is 0.465 e. The van der Waals surface area contributed by atoms with E-state index in [0.29, 0.717) is 13.0 Å². The van der Waals surface area contributed by atoms with Crippen LogP contribution in [0.4, 0.5) is 0 Å². The molecule has 1 aromatic carbocycles. The minimum atomic E-state index is -1.16. The van der Waals surface area contributed by atoms with Crippen LogP contribution in [0.2, 0.25) is 0 Å². The number of halogens is 1. The fraction of sp³-hybridized carbons (Fsp3) is 0.467. The summed E-state index contributed by atoms with van der Waals surface area (Å²) in [7, 11) is 0. The van der Waals surface area contributed by atoms with E-state index in [4.69, 9.17) is 4.74 Å². The van der Waals surface area contributed by atoms with E-state index in [1.165, 1.54) is 5.56 Å². The van der Waals surface area contributed by atoms with Gasteiger partial charge in [0.1, 0.15) is 0 Å². The Morgan fingerprint density at radius 2 is 2.10 bits per heavy atom. The lowest BCUT2D eigenvalue weighted by molar-refractivity contribution is -0.150. The van der Waals surface area contributed by atoms with Gasteiger partial charge in [0.05, 0.1) is 13.2 Å². The van der Waals surface area contributed by atoms with Crippen molar-refractivity contribution >= 4 is 27.7 Å². The number of nitrogens with zero attached hydrogens (tertiary/aromatic N) is 1. The van der Waals surface area contributed by atoms with Crippen molar-refractivity contribution in [1.29, 1.82) is 0 Å². The van der Waals surface area contributed by atoms with Gasteiger partial charge < -0.3 is 4.74 Å². The molecule has 1 aliphatic rings. The van der Waals surface area contributed by atoms with Crippen LogP contribution in [-0.2, 0) is 20.9 Å². The van der Waals surface area contributed by atoms with Gasteiger partial charge in [0, 0.05) is 13.1 Å². The van der Waals surface area contributed by atoms with E-state index in [1.54, 1.807) is 6.92 Å². The maximum atomic E-state index is 12.2. The van der Waals surface area contributed by atoms with E-state index in [9.17, 15) is 9.59 Å². The van der Waals surface area contributed by atoms with Crippen LogP contribution >= 0.6 is 15.9 Å². The highest BCUT2D eigenvalue weighted by atomic mass is 79.9. The van der Waals surface area contributed by atoms with Gasteiger partial charge in [-0.05, 0) is 18.9 Å². The summed E-state index contributed by atoms with van der Waals surface area (Å²) in [5.74, 6) is -0.595. The number of benzene rings is 1. The third-order valence-electron chi connectivity index (χ3n) is 3.43. The van der Waals surface area contributed by atoms with Gasteiger partial charge >= 0.3 is 5.97 Å². The number of esters is 1. The van der Waals surface area contributed by atoms with Gasteiger partial charge in [-0.25, -0.2) is 0 Å². The number of ketones is 1. The average molecular weight is 340 g/mol. The molecule has 0 unspecified atom stereocenters. The summed E-state index contributed by atoms with van der Waals surface area (Å²) >= 11 is 3.29. The highest BCUT2D eigenvalue weighted by Crippen LogP contribution is 2.30. The first-order valence-electron chi connectivity index (χ1n) is 6.72. The van der Waals surface area contributed by atoms with Gasteiger partial charge in [0.15, 0.2) is 10.1 Å². The highest BCUT2D eigenvalue weighted by molar-refractivity contribution is 9.10. The molecular formula is C15H18BrNO3. The molecule has 0 spiro atoms. The van der Waals surface area contributed by atoms with E-state index in [0.717, 1.165) is 6.54 Å². The Kier molecular flexibility index (Phi) is 4.94. The zero-order valence-electron chi connectivity index (χ0n) is 11.5. The standard InChI is InChI=1S/C15H18BrNO3/c1-2-20-14(19)15(16)8-9-17(11-13(15)18)10-12-6-4-3-5-7-12/h3-7H,2,8-11H2,1H3/t15-/m0/s1. The highest BCUT2D eigenvalue weighted by Gasteiger charge is 2.47. The van der Waals surface area contributed by atoms with Crippen LogP contribution in [0.3, 0.4) is 0 Å². The number of rotatable bonds is 4. The van der Waals surface area contributed by atoms with Crippen molar-refractivity contribution in [2.75, 3.05) is 19.7 Å². The topological polar surface area (TPSA) is 46.6 Å². The number of Topliss-reactive ketones (excluding diaryl/α,β-unsaturated/α-hetero) is 1. The molecule has 2 rings (SSSR count). The molecule has 1 aromatic rings. The van der Waals surface area contributed by atoms with Crippen LogP contribution in [0, 0.1) is 0 Å². The van der Waals surface area contributed by atoms with Crippen molar-refractivity contribution in [3.8, 4) is 0 Å². The normalized spacial score (nSPS) is 23.6. The van der Waals surface area contributed by atoms with Gasteiger partial charge in [-0.3, -0.25) is 14.5 Å².